The zero-order valence-corrected chi connectivity index (χ0v) is 21.5. The van der Waals surface area contributed by atoms with Gasteiger partial charge in [0, 0.05) is 12.4 Å². The first-order valence-electron chi connectivity index (χ1n) is 13.5. The van der Waals surface area contributed by atoms with E-state index in [2.05, 4.69) is 84.8 Å². The van der Waals surface area contributed by atoms with E-state index in [0.717, 1.165) is 36.3 Å². The molecule has 0 spiro atoms. The summed E-state index contributed by atoms with van der Waals surface area (Å²) in [4.78, 5) is 0. The fourth-order valence-electron chi connectivity index (χ4n) is 5.23. The van der Waals surface area contributed by atoms with Gasteiger partial charge in [0.15, 0.2) is 0 Å². The van der Waals surface area contributed by atoms with Crippen molar-refractivity contribution < 1.29 is 4.74 Å². The molecule has 0 aromatic heterocycles. The SMILES string of the molecule is CC1CCC(/C=N/N(CCOCCN(/N=C/C2CCC(C)C2)c2ccccc2)c2ccccc2)C1. The molecule has 4 rings (SSSR count). The molecule has 5 nitrogen and oxygen atoms in total. The van der Waals surface area contributed by atoms with Gasteiger partial charge in [-0.15, -0.1) is 0 Å². The van der Waals surface area contributed by atoms with Gasteiger partial charge in [-0.25, -0.2) is 0 Å². The summed E-state index contributed by atoms with van der Waals surface area (Å²) in [5.41, 5.74) is 2.22. The van der Waals surface area contributed by atoms with E-state index in [9.17, 15) is 0 Å². The topological polar surface area (TPSA) is 40.4 Å². The Balaban J connectivity index is 1.29. The van der Waals surface area contributed by atoms with Crippen LogP contribution in [-0.2, 0) is 4.74 Å². The van der Waals surface area contributed by atoms with E-state index in [1.165, 1.54) is 38.5 Å². The largest absolute Gasteiger partial charge is 0.378 e. The third-order valence-electron chi connectivity index (χ3n) is 7.31. The normalized spacial score (nSPS) is 24.5. The van der Waals surface area contributed by atoms with Crippen LogP contribution in [0, 0.1) is 23.7 Å². The molecule has 0 saturated heterocycles. The highest BCUT2D eigenvalue weighted by Gasteiger charge is 2.21. The average Bonchev–Trinajstić information content (AvgIpc) is 3.51. The molecule has 2 saturated carbocycles. The molecule has 2 fully saturated rings. The van der Waals surface area contributed by atoms with Gasteiger partial charge in [0.05, 0.1) is 37.7 Å². The quantitative estimate of drug-likeness (QED) is 0.192. The number of rotatable bonds is 12. The summed E-state index contributed by atoms with van der Waals surface area (Å²) in [6.07, 6.45) is 11.9. The summed E-state index contributed by atoms with van der Waals surface area (Å²) < 4.78 is 6.08. The maximum Gasteiger partial charge on any atom is 0.0663 e. The van der Waals surface area contributed by atoms with Crippen LogP contribution in [0.1, 0.15) is 52.4 Å². The zero-order chi connectivity index (χ0) is 24.3. The Labute approximate surface area is 211 Å². The van der Waals surface area contributed by atoms with Gasteiger partial charge in [-0.1, -0.05) is 63.1 Å². The highest BCUT2D eigenvalue weighted by atomic mass is 16.5. The Bertz CT molecular complexity index is 841. The lowest BCUT2D eigenvalue weighted by Crippen LogP contribution is -2.26. The number of para-hydroxylation sites is 2. The van der Waals surface area contributed by atoms with E-state index >= 15 is 0 Å². The highest BCUT2D eigenvalue weighted by Crippen LogP contribution is 2.30. The molecule has 5 heteroatoms. The summed E-state index contributed by atoms with van der Waals surface area (Å²) >= 11 is 0. The van der Waals surface area contributed by atoms with Crippen molar-refractivity contribution in [1.82, 2.24) is 0 Å². The number of benzene rings is 2. The van der Waals surface area contributed by atoms with Crippen LogP contribution in [-0.4, -0.2) is 38.7 Å². The van der Waals surface area contributed by atoms with Gasteiger partial charge < -0.3 is 4.74 Å². The van der Waals surface area contributed by atoms with Crippen molar-refractivity contribution in [2.45, 2.75) is 52.4 Å². The molecule has 0 heterocycles. The summed E-state index contributed by atoms with van der Waals surface area (Å²) in [5, 5.41) is 13.9. The number of ether oxygens (including phenoxy) is 1. The van der Waals surface area contributed by atoms with E-state index in [1.807, 2.05) is 12.1 Å². The fraction of sp³-hybridized carbons (Fsp3) is 0.533. The van der Waals surface area contributed by atoms with Crippen LogP contribution in [0.2, 0.25) is 0 Å². The van der Waals surface area contributed by atoms with Crippen LogP contribution < -0.4 is 10.0 Å². The molecule has 2 aliphatic carbocycles. The minimum atomic E-state index is 0.595. The Morgan fingerprint density at radius 1 is 0.686 bits per heavy atom. The summed E-state index contributed by atoms with van der Waals surface area (Å²) in [7, 11) is 0. The van der Waals surface area contributed by atoms with Gasteiger partial charge in [-0.3, -0.25) is 10.0 Å². The van der Waals surface area contributed by atoms with Crippen molar-refractivity contribution in [2.24, 2.45) is 33.9 Å². The standard InChI is InChI=1S/C30H42N4O/c1-25-13-15-27(21-25)23-31-33(29-9-5-3-6-10-29)17-19-35-20-18-34(30-11-7-4-8-12-30)32-24-28-16-14-26(2)22-28/h3-12,23-28H,13-22H2,1-2H3/b31-23+,32-24+. The van der Waals surface area contributed by atoms with Crippen molar-refractivity contribution in [3.8, 4) is 0 Å². The second-order valence-corrected chi connectivity index (χ2v) is 10.4. The minimum Gasteiger partial charge on any atom is -0.378 e. The van der Waals surface area contributed by atoms with Crippen LogP contribution in [0.15, 0.2) is 70.9 Å². The van der Waals surface area contributed by atoms with Crippen LogP contribution in [0.3, 0.4) is 0 Å². The second kappa shape index (κ2) is 13.4. The van der Waals surface area contributed by atoms with Gasteiger partial charge >= 0.3 is 0 Å². The van der Waals surface area contributed by atoms with Gasteiger partial charge in [-0.05, 0) is 73.6 Å². The van der Waals surface area contributed by atoms with Crippen molar-refractivity contribution in [3.05, 3.63) is 60.7 Å². The molecule has 35 heavy (non-hydrogen) atoms. The zero-order valence-electron chi connectivity index (χ0n) is 21.5. The molecule has 0 bridgehead atoms. The van der Waals surface area contributed by atoms with E-state index in [1.54, 1.807) is 0 Å². The third-order valence-corrected chi connectivity index (χ3v) is 7.31. The highest BCUT2D eigenvalue weighted by molar-refractivity contribution is 5.64. The lowest BCUT2D eigenvalue weighted by molar-refractivity contribution is 0.146. The average molecular weight is 475 g/mol. The maximum atomic E-state index is 6.08. The Morgan fingerprint density at radius 2 is 1.11 bits per heavy atom. The molecule has 2 aromatic carbocycles. The maximum absolute atomic E-state index is 6.08. The molecule has 4 atom stereocenters. The number of hydrogen-bond acceptors (Lipinski definition) is 5. The molecule has 0 radical (unpaired) electrons. The van der Waals surface area contributed by atoms with Crippen molar-refractivity contribution >= 4 is 23.8 Å². The molecule has 0 amide bonds. The molecule has 188 valence electrons. The molecule has 2 aromatic rings. The van der Waals surface area contributed by atoms with Gasteiger partial charge in [0.2, 0.25) is 0 Å². The van der Waals surface area contributed by atoms with Crippen LogP contribution in [0.25, 0.3) is 0 Å². The summed E-state index contributed by atoms with van der Waals surface area (Å²) in [5.74, 6) is 2.81. The molecule has 4 unspecified atom stereocenters. The molecule has 0 aliphatic heterocycles. The summed E-state index contributed by atoms with van der Waals surface area (Å²) in [6, 6.07) is 20.8. The number of hydrogen-bond donors (Lipinski definition) is 0. The molecular weight excluding hydrogens is 432 g/mol. The van der Waals surface area contributed by atoms with Crippen molar-refractivity contribution in [2.75, 3.05) is 36.3 Å². The Morgan fingerprint density at radius 3 is 1.49 bits per heavy atom. The Kier molecular flexibility index (Phi) is 9.76. The number of nitrogens with zero attached hydrogens (tertiary/aromatic N) is 4. The predicted octanol–water partition coefficient (Wildman–Crippen LogP) is 6.86. The number of anilines is 2. The number of hydrazone groups is 2. The van der Waals surface area contributed by atoms with Crippen molar-refractivity contribution in [1.29, 1.82) is 0 Å². The van der Waals surface area contributed by atoms with E-state index < -0.39 is 0 Å². The first kappa shape index (κ1) is 25.4. The molecular formula is C30H42N4O. The lowest BCUT2D eigenvalue weighted by atomic mass is 10.1. The lowest BCUT2D eigenvalue weighted by Gasteiger charge is -2.22. The first-order chi connectivity index (χ1) is 17.2. The smallest absolute Gasteiger partial charge is 0.0663 e. The molecule has 0 N–H and O–H groups in total. The minimum absolute atomic E-state index is 0.595. The first-order valence-corrected chi connectivity index (χ1v) is 13.5. The Hall–Kier alpha value is -2.66. The summed E-state index contributed by atoms with van der Waals surface area (Å²) in [6.45, 7) is 7.40. The van der Waals surface area contributed by atoms with E-state index in [4.69, 9.17) is 14.9 Å². The molecule has 2 aliphatic rings. The van der Waals surface area contributed by atoms with Gasteiger partial charge in [0.1, 0.15) is 0 Å². The van der Waals surface area contributed by atoms with E-state index in [-0.39, 0.29) is 0 Å². The van der Waals surface area contributed by atoms with Crippen LogP contribution in [0.4, 0.5) is 11.4 Å². The monoisotopic (exact) mass is 474 g/mol. The van der Waals surface area contributed by atoms with E-state index in [0.29, 0.717) is 25.0 Å². The fourth-order valence-corrected chi connectivity index (χ4v) is 5.23. The third kappa shape index (κ3) is 8.21. The second-order valence-electron chi connectivity index (χ2n) is 10.4. The van der Waals surface area contributed by atoms with Crippen molar-refractivity contribution in [3.63, 3.8) is 0 Å². The van der Waals surface area contributed by atoms with Crippen LogP contribution in [0.5, 0.6) is 0 Å². The predicted molar refractivity (Wildman–Crippen MR) is 148 cm³/mol. The van der Waals surface area contributed by atoms with Gasteiger partial charge in [-0.2, -0.15) is 10.2 Å². The van der Waals surface area contributed by atoms with Gasteiger partial charge in [0.25, 0.3) is 0 Å². The van der Waals surface area contributed by atoms with Crippen LogP contribution >= 0.6 is 0 Å².